The second-order valence-electron chi connectivity index (χ2n) is 6.14. The Morgan fingerprint density at radius 1 is 1.32 bits per heavy atom. The van der Waals surface area contributed by atoms with E-state index in [0.29, 0.717) is 40.8 Å². The molecule has 0 radical (unpaired) electrons. The zero-order valence-electron chi connectivity index (χ0n) is 13.8. The van der Waals surface area contributed by atoms with Gasteiger partial charge in [0, 0.05) is 30.8 Å². The van der Waals surface area contributed by atoms with E-state index in [1.54, 1.807) is 17.8 Å². The first-order valence-electron chi connectivity index (χ1n) is 7.85. The Morgan fingerprint density at radius 3 is 2.88 bits per heavy atom. The lowest BCUT2D eigenvalue weighted by atomic mass is 9.99. The second kappa shape index (κ2) is 5.96. The third-order valence-corrected chi connectivity index (χ3v) is 4.77. The van der Waals surface area contributed by atoms with Crippen LogP contribution in [0.5, 0.6) is 0 Å². The number of hydrogen-bond donors (Lipinski definition) is 1. The molecule has 3 heterocycles. The highest BCUT2D eigenvalue weighted by atomic mass is 35.5. The molecule has 25 heavy (non-hydrogen) atoms. The van der Waals surface area contributed by atoms with Gasteiger partial charge in [-0.15, -0.1) is 5.10 Å². The van der Waals surface area contributed by atoms with Gasteiger partial charge in [0.1, 0.15) is 6.33 Å². The molecule has 3 aromatic rings. The maximum Gasteiger partial charge on any atom is 0.231 e. The molecular formula is C16H16ClN7O. The van der Waals surface area contributed by atoms with Crippen LogP contribution in [0.3, 0.4) is 0 Å². The summed E-state index contributed by atoms with van der Waals surface area (Å²) in [7, 11) is 1.78. The Labute approximate surface area is 148 Å². The van der Waals surface area contributed by atoms with Crippen LogP contribution in [-0.2, 0) is 11.8 Å². The molecule has 1 aliphatic rings. The quantitative estimate of drug-likeness (QED) is 0.768. The molecule has 0 unspecified atom stereocenters. The summed E-state index contributed by atoms with van der Waals surface area (Å²) in [5.41, 5.74) is 3.00. The van der Waals surface area contributed by atoms with Gasteiger partial charge in [0.25, 0.3) is 0 Å². The smallest absolute Gasteiger partial charge is 0.231 e. The summed E-state index contributed by atoms with van der Waals surface area (Å²) < 4.78 is 1.60. The Bertz CT molecular complexity index is 964. The van der Waals surface area contributed by atoms with Crippen LogP contribution in [0.2, 0.25) is 5.02 Å². The fraction of sp³-hybridized carbons (Fsp3) is 0.312. The molecule has 8 nitrogen and oxygen atoms in total. The van der Waals surface area contributed by atoms with Crippen molar-refractivity contribution in [3.8, 4) is 0 Å². The van der Waals surface area contributed by atoms with Gasteiger partial charge in [0.05, 0.1) is 5.92 Å². The van der Waals surface area contributed by atoms with Gasteiger partial charge in [-0.2, -0.15) is 0 Å². The number of fused-ring (bicyclic) bond motifs is 1. The Kier molecular flexibility index (Phi) is 3.76. The molecule has 0 saturated carbocycles. The lowest BCUT2D eigenvalue weighted by molar-refractivity contribution is -0.120. The van der Waals surface area contributed by atoms with E-state index in [-0.39, 0.29) is 11.8 Å². The van der Waals surface area contributed by atoms with Gasteiger partial charge < -0.3 is 10.2 Å². The number of hydrogen-bond acceptors (Lipinski definition) is 6. The van der Waals surface area contributed by atoms with E-state index < -0.39 is 0 Å². The molecule has 1 amide bonds. The normalized spacial score (nSPS) is 14.6. The van der Waals surface area contributed by atoms with E-state index in [1.165, 1.54) is 6.33 Å². The van der Waals surface area contributed by atoms with Crippen molar-refractivity contribution in [3.05, 3.63) is 35.1 Å². The molecule has 1 fully saturated rings. The van der Waals surface area contributed by atoms with Crippen LogP contribution < -0.4 is 10.2 Å². The van der Waals surface area contributed by atoms with Crippen molar-refractivity contribution in [1.29, 1.82) is 0 Å². The summed E-state index contributed by atoms with van der Waals surface area (Å²) in [6.45, 7) is 3.08. The van der Waals surface area contributed by atoms with Gasteiger partial charge in [0.2, 0.25) is 5.91 Å². The topological polar surface area (TPSA) is 88.8 Å². The summed E-state index contributed by atoms with van der Waals surface area (Å²) in [5.74, 6) is 0.572. The number of carbonyl (C=O) groups is 1. The summed E-state index contributed by atoms with van der Waals surface area (Å²) >= 11 is 6.10. The zero-order valence-corrected chi connectivity index (χ0v) is 14.5. The maximum atomic E-state index is 12.4. The molecule has 128 valence electrons. The number of halogens is 1. The molecular weight excluding hydrogens is 342 g/mol. The van der Waals surface area contributed by atoms with Crippen LogP contribution in [0.15, 0.2) is 24.5 Å². The first kappa shape index (κ1) is 15.8. The van der Waals surface area contributed by atoms with E-state index in [4.69, 9.17) is 11.6 Å². The lowest BCUT2D eigenvalue weighted by Gasteiger charge is -2.38. The number of amides is 1. The fourth-order valence-corrected chi connectivity index (χ4v) is 2.99. The number of rotatable bonds is 3. The first-order valence-corrected chi connectivity index (χ1v) is 8.23. The Hall–Kier alpha value is -2.74. The first-order chi connectivity index (χ1) is 12.0. The molecule has 1 aromatic carbocycles. The third kappa shape index (κ3) is 2.78. The van der Waals surface area contributed by atoms with E-state index in [1.807, 2.05) is 24.0 Å². The molecule has 0 aliphatic carbocycles. The number of aromatic nitrogens is 5. The minimum atomic E-state index is -0.109. The lowest BCUT2D eigenvalue weighted by Crippen LogP contribution is -2.52. The van der Waals surface area contributed by atoms with Gasteiger partial charge in [-0.3, -0.25) is 4.79 Å². The predicted molar refractivity (Wildman–Crippen MR) is 94.6 cm³/mol. The van der Waals surface area contributed by atoms with Crippen molar-refractivity contribution in [2.75, 3.05) is 23.3 Å². The number of anilines is 2. The minimum absolute atomic E-state index is 0.0272. The van der Waals surface area contributed by atoms with Gasteiger partial charge in [-0.25, -0.2) is 14.6 Å². The number of nitrogens with zero attached hydrogens (tertiary/aromatic N) is 6. The van der Waals surface area contributed by atoms with Crippen LogP contribution in [0, 0.1) is 12.8 Å². The van der Waals surface area contributed by atoms with E-state index in [2.05, 4.69) is 25.6 Å². The highest BCUT2D eigenvalue weighted by Gasteiger charge is 2.35. The minimum Gasteiger partial charge on any atom is -0.353 e. The van der Waals surface area contributed by atoms with Crippen LogP contribution >= 0.6 is 11.6 Å². The monoisotopic (exact) mass is 357 g/mol. The molecule has 0 atom stereocenters. The van der Waals surface area contributed by atoms with E-state index in [0.717, 1.165) is 5.56 Å². The van der Waals surface area contributed by atoms with Gasteiger partial charge >= 0.3 is 0 Å². The Morgan fingerprint density at radius 2 is 2.12 bits per heavy atom. The van der Waals surface area contributed by atoms with Crippen molar-refractivity contribution in [1.82, 2.24) is 25.0 Å². The number of nitrogens with one attached hydrogen (secondary N) is 1. The fourth-order valence-electron chi connectivity index (χ4n) is 2.80. The molecule has 9 heteroatoms. The molecule has 1 saturated heterocycles. The molecule has 0 bridgehead atoms. The van der Waals surface area contributed by atoms with Crippen molar-refractivity contribution in [2.24, 2.45) is 13.0 Å². The predicted octanol–water partition coefficient (Wildman–Crippen LogP) is 1.80. The maximum absolute atomic E-state index is 12.4. The van der Waals surface area contributed by atoms with Crippen LogP contribution in [0.1, 0.15) is 5.56 Å². The summed E-state index contributed by atoms with van der Waals surface area (Å²) in [6, 6.07) is 5.50. The Balaban J connectivity index is 1.44. The van der Waals surface area contributed by atoms with Crippen molar-refractivity contribution < 1.29 is 4.79 Å². The summed E-state index contributed by atoms with van der Waals surface area (Å²) in [5, 5.41) is 11.6. The highest BCUT2D eigenvalue weighted by molar-refractivity contribution is 6.31. The van der Waals surface area contributed by atoms with Crippen LogP contribution in [-0.4, -0.2) is 44.0 Å². The largest absolute Gasteiger partial charge is 0.353 e. The summed E-state index contributed by atoms with van der Waals surface area (Å²) in [6.07, 6.45) is 1.49. The molecule has 1 N–H and O–H groups in total. The number of aryl methyl sites for hydroxylation is 2. The molecule has 2 aromatic heterocycles. The SMILES string of the molecule is Cc1ccc(NC(=O)C2CN(c3ncnc4c3nnn4C)C2)cc1Cl. The van der Waals surface area contributed by atoms with Crippen molar-refractivity contribution >= 4 is 40.2 Å². The molecule has 4 rings (SSSR count). The van der Waals surface area contributed by atoms with Gasteiger partial charge in [-0.1, -0.05) is 22.9 Å². The van der Waals surface area contributed by atoms with Crippen molar-refractivity contribution in [3.63, 3.8) is 0 Å². The summed E-state index contributed by atoms with van der Waals surface area (Å²) in [4.78, 5) is 22.9. The van der Waals surface area contributed by atoms with Crippen molar-refractivity contribution in [2.45, 2.75) is 6.92 Å². The zero-order chi connectivity index (χ0) is 17.6. The average molecular weight is 358 g/mol. The standard InChI is InChI=1S/C16H16ClN7O/c1-9-3-4-11(5-12(9)17)20-16(25)10-6-24(7-10)15-13-14(18-8-19-15)23(2)22-21-13/h3-5,8,10H,6-7H2,1-2H3,(H,20,25). The average Bonchev–Trinajstić information content (AvgIpc) is 2.92. The van der Waals surface area contributed by atoms with Crippen LogP contribution in [0.4, 0.5) is 11.5 Å². The van der Waals surface area contributed by atoms with Gasteiger partial charge in [-0.05, 0) is 24.6 Å². The molecule has 0 spiro atoms. The molecule has 1 aliphatic heterocycles. The third-order valence-electron chi connectivity index (χ3n) is 4.36. The number of carbonyl (C=O) groups excluding carboxylic acids is 1. The second-order valence-corrected chi connectivity index (χ2v) is 6.54. The highest BCUT2D eigenvalue weighted by Crippen LogP contribution is 2.28. The van der Waals surface area contributed by atoms with Gasteiger partial charge in [0.15, 0.2) is 17.0 Å². The number of benzene rings is 1. The van der Waals surface area contributed by atoms with E-state index >= 15 is 0 Å². The van der Waals surface area contributed by atoms with Crippen LogP contribution in [0.25, 0.3) is 11.2 Å². The van der Waals surface area contributed by atoms with E-state index in [9.17, 15) is 4.79 Å².